The van der Waals surface area contributed by atoms with Crippen LogP contribution in [0.2, 0.25) is 0 Å². The average molecular weight is 474 g/mol. The van der Waals surface area contributed by atoms with E-state index in [-0.39, 0.29) is 25.2 Å². The first kappa shape index (κ1) is 23.3. The molecule has 1 amide bonds. The van der Waals surface area contributed by atoms with Crippen molar-refractivity contribution in [2.45, 2.75) is 18.4 Å². The lowest BCUT2D eigenvalue weighted by atomic mass is 9.72. The van der Waals surface area contributed by atoms with Gasteiger partial charge in [0.1, 0.15) is 6.10 Å². The maximum absolute atomic E-state index is 12.1. The van der Waals surface area contributed by atoms with Crippen molar-refractivity contribution >= 4 is 12.6 Å². The standard InChI is InChI=1S/C23H26N2O9/c1-28-19-5-12(6-20(29-2)22(19)30-3)14-4-13(9-31-10-26)21(34-23(27)25-24)16-8-18-17(7-15(14)16)32-11-33-18/h5-8,10,13-14,21H,4,9,11,24H2,1-3H3,(H,25,27)/t13?,14-,21-/m1/s1. The van der Waals surface area contributed by atoms with Gasteiger partial charge in [-0.15, -0.1) is 0 Å². The normalized spacial score (nSPS) is 20.1. The number of nitrogens with two attached hydrogens (primary N) is 1. The number of amides is 1. The first-order valence-electron chi connectivity index (χ1n) is 10.5. The molecule has 0 saturated carbocycles. The Morgan fingerprint density at radius 1 is 1.06 bits per heavy atom. The maximum Gasteiger partial charge on any atom is 0.422 e. The summed E-state index contributed by atoms with van der Waals surface area (Å²) in [6, 6.07) is 7.39. The molecule has 0 aromatic heterocycles. The van der Waals surface area contributed by atoms with Gasteiger partial charge >= 0.3 is 6.09 Å². The average Bonchev–Trinajstić information content (AvgIpc) is 3.33. The molecule has 3 N–H and O–H groups in total. The van der Waals surface area contributed by atoms with Crippen LogP contribution in [0, 0.1) is 5.92 Å². The van der Waals surface area contributed by atoms with Gasteiger partial charge in [-0.3, -0.25) is 10.2 Å². The van der Waals surface area contributed by atoms with Crippen molar-refractivity contribution in [3.63, 3.8) is 0 Å². The smallest absolute Gasteiger partial charge is 0.422 e. The summed E-state index contributed by atoms with van der Waals surface area (Å²) in [5, 5.41) is 0. The van der Waals surface area contributed by atoms with Crippen molar-refractivity contribution in [1.29, 1.82) is 0 Å². The molecule has 0 bridgehead atoms. The molecular formula is C23H26N2O9. The molecule has 1 aliphatic heterocycles. The zero-order valence-electron chi connectivity index (χ0n) is 19.0. The molecule has 2 aromatic carbocycles. The zero-order valence-corrected chi connectivity index (χ0v) is 19.0. The van der Waals surface area contributed by atoms with Crippen molar-refractivity contribution in [1.82, 2.24) is 5.43 Å². The van der Waals surface area contributed by atoms with Crippen LogP contribution in [0.15, 0.2) is 24.3 Å². The van der Waals surface area contributed by atoms with Crippen LogP contribution in [-0.2, 0) is 14.3 Å². The second-order valence-corrected chi connectivity index (χ2v) is 7.74. The van der Waals surface area contributed by atoms with Gasteiger partial charge in [-0.05, 0) is 41.8 Å². The summed E-state index contributed by atoms with van der Waals surface area (Å²) in [6.07, 6.45) is -1.08. The van der Waals surface area contributed by atoms with Gasteiger partial charge in [-0.1, -0.05) is 0 Å². The Labute approximate surface area is 195 Å². The molecule has 11 heteroatoms. The molecule has 0 fully saturated rings. The molecule has 2 aromatic rings. The first-order chi connectivity index (χ1) is 16.5. The predicted octanol–water partition coefficient (Wildman–Crippen LogP) is 2.41. The van der Waals surface area contributed by atoms with E-state index in [4.69, 9.17) is 39.0 Å². The molecule has 1 unspecified atom stereocenters. The number of benzene rings is 2. The Morgan fingerprint density at radius 2 is 1.71 bits per heavy atom. The number of carbonyl (C=O) groups excluding carboxylic acids is 2. The highest BCUT2D eigenvalue weighted by Gasteiger charge is 2.40. The Kier molecular flexibility index (Phi) is 6.82. The van der Waals surface area contributed by atoms with Crippen LogP contribution < -0.4 is 35.0 Å². The van der Waals surface area contributed by atoms with Crippen LogP contribution in [0.25, 0.3) is 0 Å². The van der Waals surface area contributed by atoms with Gasteiger partial charge in [0.25, 0.3) is 6.47 Å². The van der Waals surface area contributed by atoms with Crippen LogP contribution in [0.1, 0.15) is 35.1 Å². The van der Waals surface area contributed by atoms with E-state index in [1.807, 2.05) is 23.6 Å². The van der Waals surface area contributed by atoms with Crippen LogP contribution in [0.3, 0.4) is 0 Å². The molecule has 11 nitrogen and oxygen atoms in total. The van der Waals surface area contributed by atoms with E-state index in [1.165, 1.54) is 7.11 Å². The van der Waals surface area contributed by atoms with E-state index >= 15 is 0 Å². The number of ether oxygens (including phenoxy) is 7. The summed E-state index contributed by atoms with van der Waals surface area (Å²) in [5.74, 6) is 7.26. The quantitative estimate of drug-likeness (QED) is 0.254. The Morgan fingerprint density at radius 3 is 2.26 bits per heavy atom. The van der Waals surface area contributed by atoms with Gasteiger partial charge in [0.2, 0.25) is 12.5 Å². The summed E-state index contributed by atoms with van der Waals surface area (Å²) in [6.45, 7) is 0.476. The molecule has 0 radical (unpaired) electrons. The number of hydrogen-bond donors (Lipinski definition) is 2. The fraction of sp³-hybridized carbons (Fsp3) is 0.391. The minimum atomic E-state index is -0.809. The Bertz CT molecular complexity index is 1050. The third-order valence-electron chi connectivity index (χ3n) is 6.05. The third kappa shape index (κ3) is 4.21. The van der Waals surface area contributed by atoms with Crippen LogP contribution in [0.5, 0.6) is 28.7 Å². The number of carbonyl (C=O) groups is 2. The topological polar surface area (TPSA) is 137 Å². The van der Waals surface area contributed by atoms with Crippen molar-refractivity contribution in [3.8, 4) is 28.7 Å². The lowest BCUT2D eigenvalue weighted by Crippen LogP contribution is -2.36. The molecule has 0 spiro atoms. The fourth-order valence-corrected chi connectivity index (χ4v) is 4.57. The predicted molar refractivity (Wildman–Crippen MR) is 117 cm³/mol. The van der Waals surface area contributed by atoms with Gasteiger partial charge in [0, 0.05) is 17.4 Å². The summed E-state index contributed by atoms with van der Waals surface area (Å²) in [5.41, 5.74) is 4.40. The minimum Gasteiger partial charge on any atom is -0.493 e. The van der Waals surface area contributed by atoms with E-state index in [9.17, 15) is 9.59 Å². The van der Waals surface area contributed by atoms with Crippen molar-refractivity contribution in [2.24, 2.45) is 11.8 Å². The van der Waals surface area contributed by atoms with Gasteiger partial charge in [-0.2, -0.15) is 0 Å². The third-order valence-corrected chi connectivity index (χ3v) is 6.05. The van der Waals surface area contributed by atoms with Crippen LogP contribution in [0.4, 0.5) is 4.79 Å². The highest BCUT2D eigenvalue weighted by molar-refractivity contribution is 5.67. The summed E-state index contributed by atoms with van der Waals surface area (Å²) in [4.78, 5) is 23.0. The Hall–Kier alpha value is -3.86. The zero-order chi connectivity index (χ0) is 24.2. The molecule has 182 valence electrons. The number of rotatable bonds is 8. The van der Waals surface area contributed by atoms with Gasteiger partial charge in [-0.25, -0.2) is 10.6 Å². The molecule has 1 heterocycles. The molecule has 2 aliphatic rings. The second kappa shape index (κ2) is 9.96. The van der Waals surface area contributed by atoms with E-state index < -0.39 is 12.2 Å². The lowest BCUT2D eigenvalue weighted by molar-refractivity contribution is -0.131. The number of fused-ring (bicyclic) bond motifs is 2. The fourth-order valence-electron chi connectivity index (χ4n) is 4.57. The number of methoxy groups -OCH3 is 3. The van der Waals surface area contributed by atoms with E-state index in [2.05, 4.69) is 0 Å². The Balaban J connectivity index is 1.87. The number of hydrazine groups is 1. The van der Waals surface area contributed by atoms with Crippen molar-refractivity contribution < 1.29 is 42.7 Å². The van der Waals surface area contributed by atoms with Gasteiger partial charge in [0.05, 0.1) is 27.9 Å². The first-order valence-corrected chi connectivity index (χ1v) is 10.5. The van der Waals surface area contributed by atoms with Gasteiger partial charge < -0.3 is 33.2 Å². The van der Waals surface area contributed by atoms with E-state index in [0.717, 1.165) is 11.1 Å². The second-order valence-electron chi connectivity index (χ2n) is 7.74. The number of hydrogen-bond acceptors (Lipinski definition) is 10. The van der Waals surface area contributed by atoms with E-state index in [0.29, 0.717) is 47.2 Å². The van der Waals surface area contributed by atoms with Crippen molar-refractivity contribution in [3.05, 3.63) is 41.0 Å². The lowest BCUT2D eigenvalue weighted by Gasteiger charge is -2.37. The molecule has 1 aliphatic carbocycles. The summed E-state index contributed by atoms with van der Waals surface area (Å²) in [7, 11) is 4.63. The monoisotopic (exact) mass is 474 g/mol. The van der Waals surface area contributed by atoms with Gasteiger partial charge in [0.15, 0.2) is 23.0 Å². The summed E-state index contributed by atoms with van der Waals surface area (Å²) < 4.78 is 38.4. The van der Waals surface area contributed by atoms with Crippen LogP contribution >= 0.6 is 0 Å². The highest BCUT2D eigenvalue weighted by atomic mass is 16.7. The molecular weight excluding hydrogens is 448 g/mol. The van der Waals surface area contributed by atoms with E-state index in [1.54, 1.807) is 20.3 Å². The minimum absolute atomic E-state index is 0.0286. The number of nitrogens with one attached hydrogen (secondary N) is 1. The maximum atomic E-state index is 12.1. The molecule has 34 heavy (non-hydrogen) atoms. The largest absolute Gasteiger partial charge is 0.493 e. The highest BCUT2D eigenvalue weighted by Crippen LogP contribution is 2.52. The molecule has 4 rings (SSSR count). The van der Waals surface area contributed by atoms with Crippen molar-refractivity contribution in [2.75, 3.05) is 34.7 Å². The molecule has 0 saturated heterocycles. The SMILES string of the molecule is COc1cc([C@H]2CC(COC=O)[C@@H](OC(=O)NN)c3cc4c(cc32)OCO4)cc(OC)c1OC. The van der Waals surface area contributed by atoms with Crippen LogP contribution in [-0.4, -0.2) is 47.3 Å². The molecule has 3 atom stereocenters. The summed E-state index contributed by atoms with van der Waals surface area (Å²) >= 11 is 0.